The van der Waals surface area contributed by atoms with Crippen molar-refractivity contribution in [2.75, 3.05) is 33.0 Å². The first-order chi connectivity index (χ1) is 12.7. The van der Waals surface area contributed by atoms with Gasteiger partial charge in [-0.1, -0.05) is 46.1 Å². The largest absolute Gasteiger partial charge is 0.379 e. The van der Waals surface area contributed by atoms with Crippen LogP contribution in [0, 0.1) is 0 Å². The van der Waals surface area contributed by atoms with Crippen LogP contribution in [-0.2, 0) is 19.0 Å². The van der Waals surface area contributed by atoms with Crippen molar-refractivity contribution >= 4 is 5.91 Å². The highest BCUT2D eigenvalue weighted by molar-refractivity contribution is 5.78. The Morgan fingerprint density at radius 1 is 1.04 bits per heavy atom. The van der Waals surface area contributed by atoms with Crippen LogP contribution < -0.4 is 0 Å². The molecule has 3 atom stereocenters. The van der Waals surface area contributed by atoms with Crippen LogP contribution in [0.5, 0.6) is 0 Å². The van der Waals surface area contributed by atoms with Gasteiger partial charge in [0.15, 0.2) is 0 Å². The summed E-state index contributed by atoms with van der Waals surface area (Å²) in [4.78, 5) is 14.5. The van der Waals surface area contributed by atoms with Crippen molar-refractivity contribution in [3.8, 4) is 0 Å². The van der Waals surface area contributed by atoms with E-state index in [1.807, 2.05) is 4.90 Å². The number of carbonyl (C=O) groups is 1. The van der Waals surface area contributed by atoms with E-state index in [4.69, 9.17) is 14.2 Å². The fourth-order valence-electron chi connectivity index (χ4n) is 3.14. The van der Waals surface area contributed by atoms with Crippen molar-refractivity contribution in [1.82, 2.24) is 4.90 Å². The average Bonchev–Trinajstić information content (AvgIpc) is 2.63. The Morgan fingerprint density at radius 3 is 2.27 bits per heavy atom. The summed E-state index contributed by atoms with van der Waals surface area (Å²) in [6.45, 7) is 13.3. The van der Waals surface area contributed by atoms with Gasteiger partial charge in [0, 0.05) is 26.4 Å². The Kier molecular flexibility index (Phi) is 12.6. The zero-order valence-corrected chi connectivity index (χ0v) is 17.1. The predicted molar refractivity (Wildman–Crippen MR) is 105 cm³/mol. The number of piperidine rings is 1. The zero-order chi connectivity index (χ0) is 19.2. The van der Waals surface area contributed by atoms with E-state index < -0.39 is 0 Å². The van der Waals surface area contributed by atoms with Gasteiger partial charge < -0.3 is 19.1 Å². The summed E-state index contributed by atoms with van der Waals surface area (Å²) in [7, 11) is 0. The minimum Gasteiger partial charge on any atom is -0.379 e. The van der Waals surface area contributed by atoms with Crippen LogP contribution in [0.25, 0.3) is 0 Å². The van der Waals surface area contributed by atoms with Gasteiger partial charge in [0.2, 0.25) is 5.91 Å². The number of carbonyl (C=O) groups excluding carboxylic acids is 1. The highest BCUT2D eigenvalue weighted by Gasteiger charge is 2.43. The molecule has 1 rings (SSSR count). The third-order valence-electron chi connectivity index (χ3n) is 4.74. The van der Waals surface area contributed by atoms with Crippen LogP contribution in [-0.4, -0.2) is 62.0 Å². The molecule has 0 spiro atoms. The van der Waals surface area contributed by atoms with E-state index in [9.17, 15) is 4.79 Å². The molecule has 152 valence electrons. The van der Waals surface area contributed by atoms with Crippen LogP contribution in [0.4, 0.5) is 0 Å². The van der Waals surface area contributed by atoms with E-state index in [2.05, 4.69) is 27.4 Å². The SMILES string of the molecule is C=CCN1C(=O)CC(OCCCC)C(OCCCC)C1COCCCC. The number of nitrogens with zero attached hydrogens (tertiary/aromatic N) is 1. The van der Waals surface area contributed by atoms with Crippen LogP contribution >= 0.6 is 0 Å². The summed E-state index contributed by atoms with van der Waals surface area (Å²) in [5.74, 6) is 0.103. The third-order valence-corrected chi connectivity index (χ3v) is 4.74. The van der Waals surface area contributed by atoms with E-state index in [-0.39, 0.29) is 24.2 Å². The molecule has 0 aliphatic carbocycles. The normalized spacial score (nSPS) is 23.4. The van der Waals surface area contributed by atoms with Crippen LogP contribution in [0.3, 0.4) is 0 Å². The lowest BCUT2D eigenvalue weighted by Gasteiger charge is -2.44. The smallest absolute Gasteiger partial charge is 0.225 e. The molecule has 1 saturated heterocycles. The molecule has 5 heteroatoms. The van der Waals surface area contributed by atoms with Crippen LogP contribution in [0.1, 0.15) is 65.7 Å². The number of amides is 1. The second-order valence-electron chi connectivity index (χ2n) is 6.99. The first-order valence-corrected chi connectivity index (χ1v) is 10.4. The van der Waals surface area contributed by atoms with Gasteiger partial charge in [-0.05, 0) is 19.3 Å². The molecular formula is C21H39NO4. The molecule has 0 saturated carbocycles. The van der Waals surface area contributed by atoms with E-state index in [0.717, 1.165) is 38.5 Å². The second-order valence-corrected chi connectivity index (χ2v) is 6.99. The van der Waals surface area contributed by atoms with Crippen molar-refractivity contribution in [3.05, 3.63) is 12.7 Å². The van der Waals surface area contributed by atoms with Gasteiger partial charge in [0.25, 0.3) is 0 Å². The number of rotatable bonds is 15. The van der Waals surface area contributed by atoms with Gasteiger partial charge in [-0.25, -0.2) is 0 Å². The highest BCUT2D eigenvalue weighted by atomic mass is 16.5. The summed E-state index contributed by atoms with van der Waals surface area (Å²) >= 11 is 0. The molecule has 0 radical (unpaired) electrons. The Balaban J connectivity index is 2.85. The standard InChI is InChI=1S/C21H39NO4/c1-5-9-13-24-17-18-21(26-15-11-7-3)19(25-14-10-6-2)16-20(23)22(18)12-8-4/h8,18-19,21H,4-7,9-17H2,1-3H3. The molecule has 0 aromatic heterocycles. The molecule has 0 bridgehead atoms. The van der Waals surface area contributed by atoms with E-state index >= 15 is 0 Å². The topological polar surface area (TPSA) is 48.0 Å². The summed E-state index contributed by atoms with van der Waals surface area (Å²) < 4.78 is 18.2. The van der Waals surface area contributed by atoms with Gasteiger partial charge in [0.1, 0.15) is 6.10 Å². The molecule has 0 N–H and O–H groups in total. The quantitative estimate of drug-likeness (QED) is 0.324. The van der Waals surface area contributed by atoms with Gasteiger partial charge in [-0.15, -0.1) is 6.58 Å². The van der Waals surface area contributed by atoms with E-state index in [1.54, 1.807) is 6.08 Å². The Labute approximate surface area is 160 Å². The Bertz CT molecular complexity index is 388. The lowest BCUT2D eigenvalue weighted by atomic mass is 9.95. The Hall–Kier alpha value is -0.910. The van der Waals surface area contributed by atoms with E-state index in [0.29, 0.717) is 39.4 Å². The molecule has 1 heterocycles. The minimum absolute atomic E-state index is 0.103. The first kappa shape index (κ1) is 23.1. The summed E-state index contributed by atoms with van der Waals surface area (Å²) in [5, 5.41) is 0. The number of ether oxygens (including phenoxy) is 3. The van der Waals surface area contributed by atoms with Gasteiger partial charge in [-0.3, -0.25) is 4.79 Å². The molecule has 1 fully saturated rings. The Morgan fingerprint density at radius 2 is 1.65 bits per heavy atom. The number of likely N-dealkylation sites (tertiary alicyclic amines) is 1. The molecule has 1 aliphatic rings. The maximum Gasteiger partial charge on any atom is 0.225 e. The lowest BCUT2D eigenvalue weighted by molar-refractivity contribution is -0.171. The minimum atomic E-state index is -0.188. The molecule has 1 aliphatic heterocycles. The highest BCUT2D eigenvalue weighted by Crippen LogP contribution is 2.26. The molecule has 1 amide bonds. The molecule has 3 unspecified atom stereocenters. The van der Waals surface area contributed by atoms with Crippen molar-refractivity contribution in [2.24, 2.45) is 0 Å². The molecule has 26 heavy (non-hydrogen) atoms. The summed E-state index contributed by atoms with van der Waals surface area (Å²) in [6.07, 6.45) is 8.12. The summed E-state index contributed by atoms with van der Waals surface area (Å²) in [5.41, 5.74) is 0. The second kappa shape index (κ2) is 14.2. The fourth-order valence-corrected chi connectivity index (χ4v) is 3.14. The molecule has 0 aromatic carbocycles. The maximum atomic E-state index is 12.7. The van der Waals surface area contributed by atoms with Crippen LogP contribution in [0.15, 0.2) is 12.7 Å². The lowest BCUT2D eigenvalue weighted by Crippen LogP contribution is -2.60. The monoisotopic (exact) mass is 369 g/mol. The third kappa shape index (κ3) is 7.77. The van der Waals surface area contributed by atoms with Crippen molar-refractivity contribution in [2.45, 2.75) is 84.0 Å². The zero-order valence-electron chi connectivity index (χ0n) is 17.1. The van der Waals surface area contributed by atoms with Crippen molar-refractivity contribution in [1.29, 1.82) is 0 Å². The molecule has 0 aromatic rings. The van der Waals surface area contributed by atoms with E-state index in [1.165, 1.54) is 0 Å². The fraction of sp³-hybridized carbons (Fsp3) is 0.857. The summed E-state index contributed by atoms with van der Waals surface area (Å²) in [6, 6.07) is -0.116. The predicted octanol–water partition coefficient (Wildman–Crippen LogP) is 3.96. The number of hydrogen-bond donors (Lipinski definition) is 0. The maximum absolute atomic E-state index is 12.7. The van der Waals surface area contributed by atoms with Crippen molar-refractivity contribution in [3.63, 3.8) is 0 Å². The molecule has 5 nitrogen and oxygen atoms in total. The molecular weight excluding hydrogens is 330 g/mol. The average molecular weight is 370 g/mol. The van der Waals surface area contributed by atoms with Gasteiger partial charge in [0.05, 0.1) is 25.2 Å². The number of unbranched alkanes of at least 4 members (excludes halogenated alkanes) is 3. The van der Waals surface area contributed by atoms with Gasteiger partial charge >= 0.3 is 0 Å². The number of hydrogen-bond acceptors (Lipinski definition) is 4. The van der Waals surface area contributed by atoms with Crippen molar-refractivity contribution < 1.29 is 19.0 Å². The van der Waals surface area contributed by atoms with Gasteiger partial charge in [-0.2, -0.15) is 0 Å². The first-order valence-electron chi connectivity index (χ1n) is 10.4. The van der Waals surface area contributed by atoms with Crippen LogP contribution in [0.2, 0.25) is 0 Å².